The number of H-pyrrole nitrogens is 2. The summed E-state index contributed by atoms with van der Waals surface area (Å²) in [5, 5.41) is 11.3. The van der Waals surface area contributed by atoms with E-state index in [2.05, 4.69) is 35.5 Å². The van der Waals surface area contributed by atoms with Crippen molar-refractivity contribution in [1.82, 2.24) is 35.5 Å². The lowest BCUT2D eigenvalue weighted by atomic mass is 10.4. The van der Waals surface area contributed by atoms with Crippen LogP contribution in [0, 0.1) is 6.92 Å². The van der Waals surface area contributed by atoms with Crippen LogP contribution >= 0.6 is 11.3 Å². The van der Waals surface area contributed by atoms with E-state index in [1.54, 1.807) is 12.3 Å². The summed E-state index contributed by atoms with van der Waals surface area (Å²) in [5.74, 6) is 0.545. The Bertz CT molecular complexity index is 852. The molecule has 112 valence electrons. The Labute approximate surface area is 127 Å². The number of thiazole rings is 1. The fourth-order valence-electron chi connectivity index (χ4n) is 1.77. The number of rotatable bonds is 4. The summed E-state index contributed by atoms with van der Waals surface area (Å²) in [6, 6.07) is 1.38. The Kier molecular flexibility index (Phi) is 3.74. The van der Waals surface area contributed by atoms with Crippen LogP contribution in [0.5, 0.6) is 0 Å². The van der Waals surface area contributed by atoms with Gasteiger partial charge in [0.05, 0.1) is 6.54 Å². The molecule has 0 bridgehead atoms. The Morgan fingerprint density at radius 1 is 1.41 bits per heavy atom. The van der Waals surface area contributed by atoms with E-state index >= 15 is 0 Å². The number of nitrogens with zero attached hydrogens (tertiary/aromatic N) is 4. The monoisotopic (exact) mass is 317 g/mol. The quantitative estimate of drug-likeness (QED) is 0.632. The largest absolute Gasteiger partial charge is 0.343 e. The van der Waals surface area contributed by atoms with Crippen LogP contribution in [-0.2, 0) is 6.54 Å². The average molecular weight is 317 g/mol. The van der Waals surface area contributed by atoms with E-state index in [0.29, 0.717) is 22.4 Å². The number of nitrogens with one attached hydrogen (secondary N) is 3. The minimum atomic E-state index is -0.355. The summed E-state index contributed by atoms with van der Waals surface area (Å²) < 4.78 is 0. The Morgan fingerprint density at radius 3 is 3.00 bits per heavy atom. The number of aryl methyl sites for hydroxylation is 1. The first kappa shape index (κ1) is 14.1. The van der Waals surface area contributed by atoms with Crippen LogP contribution in [0.4, 0.5) is 0 Å². The van der Waals surface area contributed by atoms with E-state index in [1.165, 1.54) is 23.7 Å². The third-order valence-corrected chi connectivity index (χ3v) is 3.54. The molecule has 0 aromatic carbocycles. The van der Waals surface area contributed by atoms with Crippen LogP contribution in [0.3, 0.4) is 0 Å². The van der Waals surface area contributed by atoms with Gasteiger partial charge in [0, 0.05) is 17.1 Å². The maximum atomic E-state index is 12.0. The summed E-state index contributed by atoms with van der Waals surface area (Å²) in [6.45, 7) is 1.83. The first-order valence-electron chi connectivity index (χ1n) is 6.28. The summed E-state index contributed by atoms with van der Waals surface area (Å²) in [5.41, 5.74) is 0.610. The number of carbonyl (C=O) groups excluding carboxylic acids is 1. The maximum Gasteiger partial charge on any atom is 0.271 e. The van der Waals surface area contributed by atoms with Crippen molar-refractivity contribution in [2.24, 2.45) is 0 Å². The number of amides is 1. The van der Waals surface area contributed by atoms with E-state index in [1.807, 2.05) is 0 Å². The van der Waals surface area contributed by atoms with E-state index in [4.69, 9.17) is 0 Å². The number of hydrogen-bond donors (Lipinski definition) is 3. The first-order valence-corrected chi connectivity index (χ1v) is 7.16. The van der Waals surface area contributed by atoms with Crippen molar-refractivity contribution in [2.75, 3.05) is 0 Å². The first-order chi connectivity index (χ1) is 10.6. The molecule has 1 amide bonds. The third-order valence-electron chi connectivity index (χ3n) is 2.69. The molecule has 0 saturated carbocycles. The predicted molar refractivity (Wildman–Crippen MR) is 78.3 cm³/mol. The molecule has 3 aromatic heterocycles. The van der Waals surface area contributed by atoms with Crippen LogP contribution < -0.4 is 10.9 Å². The van der Waals surface area contributed by atoms with Crippen molar-refractivity contribution < 1.29 is 4.79 Å². The van der Waals surface area contributed by atoms with Gasteiger partial charge in [-0.05, 0) is 6.92 Å². The highest BCUT2D eigenvalue weighted by molar-refractivity contribution is 7.13. The van der Waals surface area contributed by atoms with Crippen molar-refractivity contribution in [3.63, 3.8) is 0 Å². The van der Waals surface area contributed by atoms with E-state index in [0.717, 1.165) is 0 Å². The fourth-order valence-corrected chi connectivity index (χ4v) is 2.52. The second-order valence-corrected chi connectivity index (χ2v) is 5.25. The van der Waals surface area contributed by atoms with Gasteiger partial charge in [0.1, 0.15) is 17.8 Å². The summed E-state index contributed by atoms with van der Waals surface area (Å²) >= 11 is 1.28. The molecule has 3 N–H and O–H groups in total. The van der Waals surface area contributed by atoms with Gasteiger partial charge in [-0.15, -0.1) is 11.3 Å². The third kappa shape index (κ3) is 3.06. The molecule has 0 spiro atoms. The van der Waals surface area contributed by atoms with Gasteiger partial charge in [-0.2, -0.15) is 5.10 Å². The minimum Gasteiger partial charge on any atom is -0.343 e. The zero-order valence-corrected chi connectivity index (χ0v) is 12.3. The van der Waals surface area contributed by atoms with Gasteiger partial charge >= 0.3 is 0 Å². The summed E-state index contributed by atoms with van der Waals surface area (Å²) in [4.78, 5) is 38.2. The predicted octanol–water partition coefficient (Wildman–Crippen LogP) is 0.250. The van der Waals surface area contributed by atoms with Gasteiger partial charge in [-0.3, -0.25) is 14.7 Å². The maximum absolute atomic E-state index is 12.0. The fraction of sp³-hybridized carbons (Fsp3) is 0.167. The Morgan fingerprint density at radius 2 is 2.27 bits per heavy atom. The topological polar surface area (TPSA) is 129 Å². The molecule has 0 aliphatic heterocycles. The molecule has 0 aliphatic carbocycles. The number of aromatic amines is 2. The van der Waals surface area contributed by atoms with E-state index < -0.39 is 0 Å². The van der Waals surface area contributed by atoms with Crippen LogP contribution in [0.25, 0.3) is 10.8 Å². The molecule has 22 heavy (non-hydrogen) atoms. The lowest BCUT2D eigenvalue weighted by Crippen LogP contribution is -2.26. The van der Waals surface area contributed by atoms with Gasteiger partial charge in [0.15, 0.2) is 10.8 Å². The molecule has 3 aromatic rings. The van der Waals surface area contributed by atoms with Gasteiger partial charge in [0.2, 0.25) is 0 Å². The molecule has 0 aliphatic rings. The molecule has 0 radical (unpaired) electrons. The molecule has 9 nitrogen and oxygen atoms in total. The molecule has 0 atom stereocenters. The van der Waals surface area contributed by atoms with Crippen LogP contribution in [0.2, 0.25) is 0 Å². The highest BCUT2D eigenvalue weighted by atomic mass is 32.1. The van der Waals surface area contributed by atoms with Gasteiger partial charge in [-0.1, -0.05) is 0 Å². The van der Waals surface area contributed by atoms with Crippen molar-refractivity contribution in [2.45, 2.75) is 13.5 Å². The second kappa shape index (κ2) is 5.85. The van der Waals surface area contributed by atoms with Crippen molar-refractivity contribution in [3.8, 4) is 10.8 Å². The molecule has 0 unspecified atom stereocenters. The molecule has 0 fully saturated rings. The van der Waals surface area contributed by atoms with Gasteiger partial charge in [-0.25, -0.2) is 15.0 Å². The minimum absolute atomic E-state index is 0.116. The Hall–Kier alpha value is -2.88. The van der Waals surface area contributed by atoms with E-state index in [9.17, 15) is 9.59 Å². The van der Waals surface area contributed by atoms with Crippen LogP contribution in [-0.4, -0.2) is 36.0 Å². The van der Waals surface area contributed by atoms with Crippen LogP contribution in [0.1, 0.15) is 22.0 Å². The molecular formula is C12H11N7O2S. The summed E-state index contributed by atoms with van der Waals surface area (Å²) in [7, 11) is 0. The molecule has 10 heteroatoms. The highest BCUT2D eigenvalue weighted by Gasteiger charge is 2.13. The summed E-state index contributed by atoms with van der Waals surface area (Å²) in [6.07, 6.45) is 1.37. The zero-order valence-electron chi connectivity index (χ0n) is 11.5. The second-order valence-electron chi connectivity index (χ2n) is 4.39. The molecule has 0 saturated heterocycles. The molecule has 3 rings (SSSR count). The Balaban J connectivity index is 1.68. The standard InChI is InChI=1S/C12H11N7O2S/c1-6-2-9(20)18-8(16-6)3-13-11(21)7-4-22-12(17-7)10-14-5-15-19-10/h2,4-5H,3H2,1H3,(H,13,21)(H,14,15,19)(H,16,18,20). The van der Waals surface area contributed by atoms with Gasteiger partial charge in [0.25, 0.3) is 11.5 Å². The highest BCUT2D eigenvalue weighted by Crippen LogP contribution is 2.19. The lowest BCUT2D eigenvalue weighted by Gasteiger charge is -2.03. The normalized spacial score (nSPS) is 10.6. The zero-order chi connectivity index (χ0) is 15.5. The van der Waals surface area contributed by atoms with Crippen LogP contribution in [0.15, 0.2) is 22.6 Å². The molecule has 3 heterocycles. The van der Waals surface area contributed by atoms with Crippen molar-refractivity contribution in [3.05, 3.63) is 45.3 Å². The lowest BCUT2D eigenvalue weighted by molar-refractivity contribution is 0.0945. The van der Waals surface area contributed by atoms with E-state index in [-0.39, 0.29) is 23.7 Å². The average Bonchev–Trinajstić information content (AvgIpc) is 3.14. The van der Waals surface area contributed by atoms with Gasteiger partial charge < -0.3 is 10.3 Å². The smallest absolute Gasteiger partial charge is 0.271 e. The number of aromatic nitrogens is 6. The van der Waals surface area contributed by atoms with Crippen molar-refractivity contribution in [1.29, 1.82) is 0 Å². The molecular weight excluding hydrogens is 306 g/mol. The SMILES string of the molecule is Cc1cc(=O)[nH]c(CNC(=O)c2csc(-c3ncn[nH]3)n2)n1. The number of carbonyl (C=O) groups is 1. The number of hydrogen-bond acceptors (Lipinski definition) is 7. The van der Waals surface area contributed by atoms with Crippen molar-refractivity contribution >= 4 is 17.2 Å².